The van der Waals surface area contributed by atoms with Crippen LogP contribution in [0, 0.1) is 0 Å². The summed E-state index contributed by atoms with van der Waals surface area (Å²) in [6.45, 7) is 4.35. The summed E-state index contributed by atoms with van der Waals surface area (Å²) in [4.78, 5) is 18.6. The van der Waals surface area contributed by atoms with Crippen LogP contribution in [-0.2, 0) is 11.2 Å². The highest BCUT2D eigenvalue weighted by Crippen LogP contribution is 2.34. The Balaban J connectivity index is 1.50. The molecular weight excluding hydrogens is 396 g/mol. The Morgan fingerprint density at radius 2 is 1.72 bits per heavy atom. The van der Waals surface area contributed by atoms with E-state index in [1.807, 2.05) is 66.4 Å². The van der Waals surface area contributed by atoms with Crippen molar-refractivity contribution in [2.75, 3.05) is 5.32 Å². The number of thiazole rings is 1. The van der Waals surface area contributed by atoms with Crippen LogP contribution in [0.3, 0.4) is 0 Å². The summed E-state index contributed by atoms with van der Waals surface area (Å²) in [5, 5.41) is 4.53. The fourth-order valence-electron chi connectivity index (χ4n) is 3.10. The highest BCUT2D eigenvalue weighted by atomic mass is 32.2. The molecule has 1 heterocycles. The fourth-order valence-corrected chi connectivity index (χ4v) is 4.95. The Morgan fingerprint density at radius 3 is 2.48 bits per heavy atom. The summed E-state index contributed by atoms with van der Waals surface area (Å²) in [5.74, 6) is -0.0252. The van der Waals surface area contributed by atoms with Gasteiger partial charge in [0, 0.05) is 15.7 Å². The van der Waals surface area contributed by atoms with E-state index in [4.69, 9.17) is 4.98 Å². The number of rotatable bonds is 6. The van der Waals surface area contributed by atoms with Crippen molar-refractivity contribution in [3.05, 3.63) is 78.4 Å². The maximum atomic E-state index is 12.7. The molecule has 0 fully saturated rings. The van der Waals surface area contributed by atoms with Crippen molar-refractivity contribution in [1.29, 1.82) is 0 Å². The number of benzene rings is 3. The molecule has 146 valence electrons. The normalized spacial score (nSPS) is 11.1. The summed E-state index contributed by atoms with van der Waals surface area (Å²) in [6, 6.07) is 24.2. The third-order valence-electron chi connectivity index (χ3n) is 4.39. The third kappa shape index (κ3) is 4.86. The van der Waals surface area contributed by atoms with Gasteiger partial charge in [0.25, 0.3) is 0 Å². The molecule has 29 heavy (non-hydrogen) atoms. The van der Waals surface area contributed by atoms with Crippen molar-refractivity contribution in [2.24, 2.45) is 0 Å². The maximum absolute atomic E-state index is 12.7. The van der Waals surface area contributed by atoms with E-state index in [1.165, 1.54) is 4.90 Å². The minimum atomic E-state index is -0.0252. The fraction of sp³-hybridized carbons (Fsp3) is 0.167. The van der Waals surface area contributed by atoms with Crippen LogP contribution in [0.5, 0.6) is 0 Å². The molecule has 0 aliphatic rings. The number of nitrogens with one attached hydrogen (secondary N) is 1. The second kappa shape index (κ2) is 8.80. The van der Waals surface area contributed by atoms with Gasteiger partial charge in [-0.05, 0) is 42.0 Å². The van der Waals surface area contributed by atoms with E-state index < -0.39 is 0 Å². The van der Waals surface area contributed by atoms with Crippen molar-refractivity contribution >= 4 is 44.9 Å². The first-order valence-corrected chi connectivity index (χ1v) is 11.3. The predicted molar refractivity (Wildman–Crippen MR) is 125 cm³/mol. The zero-order valence-electron chi connectivity index (χ0n) is 16.4. The molecule has 4 rings (SSSR count). The molecule has 3 nitrogen and oxygen atoms in total. The lowest BCUT2D eigenvalue weighted by Gasteiger charge is -2.10. The number of hydrogen-bond donors (Lipinski definition) is 1. The number of fused-ring (bicyclic) bond motifs is 1. The molecule has 0 unspecified atom stereocenters. The van der Waals surface area contributed by atoms with Gasteiger partial charge in [-0.2, -0.15) is 0 Å². The van der Waals surface area contributed by atoms with Crippen molar-refractivity contribution in [3.8, 4) is 10.6 Å². The van der Waals surface area contributed by atoms with Gasteiger partial charge in [0.1, 0.15) is 5.01 Å². The van der Waals surface area contributed by atoms with Gasteiger partial charge in [-0.25, -0.2) is 4.98 Å². The van der Waals surface area contributed by atoms with Gasteiger partial charge in [0.15, 0.2) is 0 Å². The van der Waals surface area contributed by atoms with Crippen LogP contribution in [0.15, 0.2) is 77.7 Å². The molecular formula is C24H22N2OS2. The second-order valence-electron chi connectivity index (χ2n) is 7.07. The molecule has 1 amide bonds. The van der Waals surface area contributed by atoms with Gasteiger partial charge < -0.3 is 5.32 Å². The predicted octanol–water partition coefficient (Wildman–Crippen LogP) is 6.65. The van der Waals surface area contributed by atoms with Crippen LogP contribution in [-0.4, -0.2) is 16.1 Å². The number of para-hydroxylation sites is 2. The van der Waals surface area contributed by atoms with E-state index in [2.05, 4.69) is 37.4 Å². The molecule has 5 heteroatoms. The molecule has 0 atom stereocenters. The molecule has 0 saturated heterocycles. The number of aromatic nitrogens is 1. The average Bonchev–Trinajstić information content (AvgIpc) is 3.13. The zero-order valence-corrected chi connectivity index (χ0v) is 18.0. The minimum absolute atomic E-state index is 0.0252. The molecule has 0 aliphatic carbocycles. The lowest BCUT2D eigenvalue weighted by molar-refractivity contribution is -0.115. The first-order valence-electron chi connectivity index (χ1n) is 9.59. The molecule has 3 aromatic carbocycles. The second-order valence-corrected chi connectivity index (χ2v) is 9.75. The summed E-state index contributed by atoms with van der Waals surface area (Å²) in [5.41, 5.74) is 3.73. The Bertz CT molecular complexity index is 1100. The molecule has 1 N–H and O–H groups in total. The smallest absolute Gasteiger partial charge is 0.228 e. The van der Waals surface area contributed by atoms with Gasteiger partial charge >= 0.3 is 0 Å². The number of carbonyl (C=O) groups excluding carboxylic acids is 1. The van der Waals surface area contributed by atoms with E-state index in [0.29, 0.717) is 11.7 Å². The van der Waals surface area contributed by atoms with E-state index in [9.17, 15) is 4.79 Å². The van der Waals surface area contributed by atoms with Crippen molar-refractivity contribution < 1.29 is 4.79 Å². The van der Waals surface area contributed by atoms with Crippen LogP contribution in [0.25, 0.3) is 20.8 Å². The van der Waals surface area contributed by atoms with Gasteiger partial charge in [0.05, 0.1) is 22.3 Å². The highest BCUT2D eigenvalue weighted by Gasteiger charge is 2.13. The van der Waals surface area contributed by atoms with Crippen LogP contribution >= 0.6 is 23.1 Å². The highest BCUT2D eigenvalue weighted by molar-refractivity contribution is 7.99. The van der Waals surface area contributed by atoms with E-state index >= 15 is 0 Å². The summed E-state index contributed by atoms with van der Waals surface area (Å²) in [6.07, 6.45) is 0.348. The number of nitrogens with zero attached hydrogens (tertiary/aromatic N) is 1. The SMILES string of the molecule is CC(C)Sc1ccc(CC(=O)Nc2ccccc2-c2nc3ccccc3s2)cc1. The Kier molecular flexibility index (Phi) is 5.97. The molecule has 0 bridgehead atoms. The maximum Gasteiger partial charge on any atom is 0.228 e. The Morgan fingerprint density at radius 1 is 1.00 bits per heavy atom. The zero-order chi connectivity index (χ0) is 20.2. The lowest BCUT2D eigenvalue weighted by Crippen LogP contribution is -2.15. The molecule has 0 saturated carbocycles. The monoisotopic (exact) mass is 418 g/mol. The lowest BCUT2D eigenvalue weighted by atomic mass is 10.1. The average molecular weight is 419 g/mol. The first-order chi connectivity index (χ1) is 14.1. The van der Waals surface area contributed by atoms with Crippen molar-refractivity contribution in [3.63, 3.8) is 0 Å². The van der Waals surface area contributed by atoms with E-state index in [0.717, 1.165) is 32.0 Å². The summed E-state index contributed by atoms with van der Waals surface area (Å²) >= 11 is 3.46. The van der Waals surface area contributed by atoms with Crippen molar-refractivity contribution in [2.45, 2.75) is 30.4 Å². The number of thioether (sulfide) groups is 1. The van der Waals surface area contributed by atoms with Crippen molar-refractivity contribution in [1.82, 2.24) is 4.98 Å². The van der Waals surface area contributed by atoms with Crippen LogP contribution in [0.2, 0.25) is 0 Å². The molecule has 0 aliphatic heterocycles. The number of anilines is 1. The van der Waals surface area contributed by atoms with Gasteiger partial charge in [-0.15, -0.1) is 23.1 Å². The van der Waals surface area contributed by atoms with Gasteiger partial charge in [-0.3, -0.25) is 4.79 Å². The van der Waals surface area contributed by atoms with Gasteiger partial charge in [-0.1, -0.05) is 50.2 Å². The molecule has 4 aromatic rings. The van der Waals surface area contributed by atoms with Gasteiger partial charge in [0.2, 0.25) is 5.91 Å². The standard InChI is InChI=1S/C24H22N2OS2/c1-16(2)28-18-13-11-17(12-14-18)15-23(27)25-20-8-4-3-7-19(20)24-26-21-9-5-6-10-22(21)29-24/h3-14,16H,15H2,1-2H3,(H,25,27). The number of amides is 1. The largest absolute Gasteiger partial charge is 0.325 e. The van der Waals surface area contributed by atoms with E-state index in [1.54, 1.807) is 11.3 Å². The third-order valence-corrected chi connectivity index (χ3v) is 6.47. The molecule has 0 radical (unpaired) electrons. The van der Waals surface area contributed by atoms with Crippen LogP contribution in [0.1, 0.15) is 19.4 Å². The summed E-state index contributed by atoms with van der Waals surface area (Å²) in [7, 11) is 0. The Labute approximate surface area is 179 Å². The Hall–Kier alpha value is -2.63. The quantitative estimate of drug-likeness (QED) is 0.357. The number of carbonyl (C=O) groups is 1. The number of hydrogen-bond acceptors (Lipinski definition) is 4. The van der Waals surface area contributed by atoms with E-state index in [-0.39, 0.29) is 5.91 Å². The first kappa shape index (κ1) is 19.7. The minimum Gasteiger partial charge on any atom is -0.325 e. The summed E-state index contributed by atoms with van der Waals surface area (Å²) < 4.78 is 1.14. The molecule has 1 aromatic heterocycles. The van der Waals surface area contributed by atoms with Crippen LogP contribution in [0.4, 0.5) is 5.69 Å². The molecule has 0 spiro atoms. The topological polar surface area (TPSA) is 42.0 Å². The van der Waals surface area contributed by atoms with Crippen LogP contribution < -0.4 is 5.32 Å².